The van der Waals surface area contributed by atoms with E-state index in [0.29, 0.717) is 5.82 Å². The van der Waals surface area contributed by atoms with Crippen molar-refractivity contribution < 1.29 is 9.53 Å². The highest BCUT2D eigenvalue weighted by Crippen LogP contribution is 2.50. The number of fused-ring (bicyclic) bond motifs is 3. The minimum absolute atomic E-state index is 0.0674. The minimum atomic E-state index is -0.530. The lowest BCUT2D eigenvalue weighted by atomic mass is 9.57. The number of Topliss-reactive ketones (excluding diaryl/α,β-unsaturated/α-hetero) is 1. The van der Waals surface area contributed by atoms with E-state index in [1.807, 2.05) is 49.4 Å². The molecule has 0 bridgehead atoms. The molecule has 6 nitrogen and oxygen atoms in total. The molecule has 6 heteroatoms. The van der Waals surface area contributed by atoms with E-state index < -0.39 is 5.41 Å². The van der Waals surface area contributed by atoms with Gasteiger partial charge in [0, 0.05) is 40.4 Å². The van der Waals surface area contributed by atoms with E-state index in [2.05, 4.69) is 18.0 Å². The standard InChI is InChI=1S/C27H24N4O2/c1-16-22-9-8-21-23(17-4-6-20(33-3)7-5-17)30-26(18-10-12-29-13-11-18)31-25(21)27(22,2)14-19(15-28)24(16)32/h4-7,10-14,16,22H,8-9H2,1-3H3/t16-,22-,27-/m1/s1. The van der Waals surface area contributed by atoms with E-state index in [-0.39, 0.29) is 23.2 Å². The Bertz CT molecular complexity index is 1310. The van der Waals surface area contributed by atoms with Crippen molar-refractivity contribution in [2.75, 3.05) is 7.11 Å². The second kappa shape index (κ2) is 7.93. The number of rotatable bonds is 3. The summed E-state index contributed by atoms with van der Waals surface area (Å²) in [5.41, 5.74) is 4.41. The Morgan fingerprint density at radius 3 is 2.48 bits per heavy atom. The average molecular weight is 437 g/mol. The molecule has 2 aromatic heterocycles. The molecule has 3 atom stereocenters. The number of hydrogen-bond acceptors (Lipinski definition) is 6. The number of hydrogen-bond donors (Lipinski definition) is 0. The predicted octanol–water partition coefficient (Wildman–Crippen LogP) is 4.70. The van der Waals surface area contributed by atoms with Crippen molar-refractivity contribution in [2.24, 2.45) is 11.8 Å². The lowest BCUT2D eigenvalue weighted by molar-refractivity contribution is -0.121. The van der Waals surface area contributed by atoms with Crippen LogP contribution in [0.25, 0.3) is 22.6 Å². The van der Waals surface area contributed by atoms with E-state index in [0.717, 1.165) is 46.7 Å². The van der Waals surface area contributed by atoms with Crippen LogP contribution in [0.1, 0.15) is 31.5 Å². The fourth-order valence-electron chi connectivity index (χ4n) is 5.39. The number of ether oxygens (including phenoxy) is 1. The van der Waals surface area contributed by atoms with Gasteiger partial charge in [-0.05, 0) is 55.2 Å². The van der Waals surface area contributed by atoms with Gasteiger partial charge in [0.15, 0.2) is 11.6 Å². The third-order valence-electron chi connectivity index (χ3n) is 7.14. The molecule has 33 heavy (non-hydrogen) atoms. The summed E-state index contributed by atoms with van der Waals surface area (Å²) in [7, 11) is 1.65. The summed E-state index contributed by atoms with van der Waals surface area (Å²) in [6.45, 7) is 4.05. The molecular formula is C27H24N4O2. The zero-order valence-electron chi connectivity index (χ0n) is 18.9. The summed E-state index contributed by atoms with van der Waals surface area (Å²) in [5.74, 6) is 1.18. The van der Waals surface area contributed by atoms with Crippen molar-refractivity contribution >= 4 is 5.78 Å². The van der Waals surface area contributed by atoms with Crippen molar-refractivity contribution in [1.29, 1.82) is 5.26 Å². The fraction of sp³-hybridized carbons (Fsp3) is 0.296. The molecule has 0 unspecified atom stereocenters. The molecule has 0 aliphatic heterocycles. The molecule has 164 valence electrons. The lowest BCUT2D eigenvalue weighted by Gasteiger charge is -2.45. The largest absolute Gasteiger partial charge is 0.497 e. The smallest absolute Gasteiger partial charge is 0.176 e. The van der Waals surface area contributed by atoms with Crippen LogP contribution in [-0.4, -0.2) is 27.8 Å². The van der Waals surface area contributed by atoms with Gasteiger partial charge in [-0.15, -0.1) is 0 Å². The highest BCUT2D eigenvalue weighted by atomic mass is 16.5. The van der Waals surface area contributed by atoms with Gasteiger partial charge in [0.05, 0.1) is 24.1 Å². The topological polar surface area (TPSA) is 88.8 Å². The maximum atomic E-state index is 12.8. The average Bonchev–Trinajstić information content (AvgIpc) is 2.86. The highest BCUT2D eigenvalue weighted by molar-refractivity contribution is 6.02. The molecule has 0 N–H and O–H groups in total. The first-order valence-electron chi connectivity index (χ1n) is 11.1. The molecule has 0 saturated carbocycles. The summed E-state index contributed by atoms with van der Waals surface area (Å²) in [6, 6.07) is 13.8. The maximum Gasteiger partial charge on any atom is 0.176 e. The minimum Gasteiger partial charge on any atom is -0.497 e. The van der Waals surface area contributed by atoms with Crippen LogP contribution in [0.4, 0.5) is 0 Å². The van der Waals surface area contributed by atoms with Crippen LogP contribution in [0.3, 0.4) is 0 Å². The molecule has 2 aliphatic rings. The first-order chi connectivity index (χ1) is 16.0. The summed E-state index contributed by atoms with van der Waals surface area (Å²) >= 11 is 0. The fourth-order valence-corrected chi connectivity index (χ4v) is 5.39. The number of benzene rings is 1. The van der Waals surface area contributed by atoms with E-state index in [1.54, 1.807) is 19.5 Å². The van der Waals surface area contributed by atoms with Crippen molar-refractivity contribution in [1.82, 2.24) is 15.0 Å². The van der Waals surface area contributed by atoms with Gasteiger partial charge in [-0.2, -0.15) is 5.26 Å². The SMILES string of the molecule is COc1ccc(-c2nc(-c3ccncc3)nc3c2CC[C@@H]2[C@@H](C)C(=O)C(C#N)=C[C@@]32C)cc1. The molecule has 0 fully saturated rings. The van der Waals surface area contributed by atoms with Gasteiger partial charge in [0.1, 0.15) is 11.8 Å². The third kappa shape index (κ3) is 3.32. The first-order valence-corrected chi connectivity index (χ1v) is 11.1. The number of carbonyl (C=O) groups is 1. The van der Waals surface area contributed by atoms with Gasteiger partial charge in [-0.3, -0.25) is 9.78 Å². The molecule has 0 radical (unpaired) electrons. The number of pyridine rings is 1. The van der Waals surface area contributed by atoms with Gasteiger partial charge in [0.2, 0.25) is 0 Å². The quantitative estimate of drug-likeness (QED) is 0.591. The van der Waals surface area contributed by atoms with Crippen LogP contribution in [-0.2, 0) is 16.6 Å². The lowest BCUT2D eigenvalue weighted by Crippen LogP contribution is -2.46. The number of nitrogens with zero attached hydrogens (tertiary/aromatic N) is 4. The van der Waals surface area contributed by atoms with Gasteiger partial charge in [0.25, 0.3) is 0 Å². The van der Waals surface area contributed by atoms with Crippen LogP contribution in [0, 0.1) is 23.2 Å². The zero-order chi connectivity index (χ0) is 23.2. The summed E-state index contributed by atoms with van der Waals surface area (Å²) in [4.78, 5) is 26.9. The number of methoxy groups -OCH3 is 1. The van der Waals surface area contributed by atoms with Crippen molar-refractivity contribution in [2.45, 2.75) is 32.1 Å². The Kier molecular flexibility index (Phi) is 5.05. The Morgan fingerprint density at radius 2 is 1.82 bits per heavy atom. The Morgan fingerprint density at radius 1 is 1.09 bits per heavy atom. The Hall–Kier alpha value is -3.85. The normalized spacial score (nSPS) is 23.7. The summed E-state index contributed by atoms with van der Waals surface area (Å²) < 4.78 is 5.33. The van der Waals surface area contributed by atoms with Crippen LogP contribution in [0.5, 0.6) is 5.75 Å². The summed E-state index contributed by atoms with van der Waals surface area (Å²) in [6.07, 6.45) is 6.92. The second-order valence-corrected chi connectivity index (χ2v) is 8.94. The van der Waals surface area contributed by atoms with Crippen LogP contribution < -0.4 is 4.74 Å². The zero-order valence-corrected chi connectivity index (χ0v) is 18.9. The highest BCUT2D eigenvalue weighted by Gasteiger charge is 2.49. The van der Waals surface area contributed by atoms with Gasteiger partial charge >= 0.3 is 0 Å². The second-order valence-electron chi connectivity index (χ2n) is 8.94. The molecule has 5 rings (SSSR count). The number of nitriles is 1. The Labute approximate surface area is 193 Å². The molecule has 1 aromatic carbocycles. The van der Waals surface area contributed by atoms with E-state index >= 15 is 0 Å². The van der Waals surface area contributed by atoms with Crippen LogP contribution >= 0.6 is 0 Å². The molecule has 0 saturated heterocycles. The van der Waals surface area contributed by atoms with E-state index in [9.17, 15) is 10.1 Å². The van der Waals surface area contributed by atoms with Crippen LogP contribution in [0.15, 0.2) is 60.4 Å². The number of carbonyl (C=O) groups excluding carboxylic acids is 1. The van der Waals surface area contributed by atoms with Gasteiger partial charge < -0.3 is 4.74 Å². The number of ketones is 1. The van der Waals surface area contributed by atoms with Crippen molar-refractivity contribution in [3.8, 4) is 34.5 Å². The molecule has 2 aliphatic carbocycles. The molecular weight excluding hydrogens is 412 g/mol. The van der Waals surface area contributed by atoms with Crippen molar-refractivity contribution in [3.05, 3.63) is 71.7 Å². The van der Waals surface area contributed by atoms with Gasteiger partial charge in [-0.1, -0.05) is 19.9 Å². The number of allylic oxidation sites excluding steroid dienone is 2. The first kappa shape index (κ1) is 21.0. The molecule has 0 spiro atoms. The molecule has 3 aromatic rings. The third-order valence-corrected chi connectivity index (χ3v) is 7.14. The molecule has 2 heterocycles. The maximum absolute atomic E-state index is 12.8. The van der Waals surface area contributed by atoms with Crippen LogP contribution in [0.2, 0.25) is 0 Å². The Balaban J connectivity index is 1.79. The van der Waals surface area contributed by atoms with Crippen molar-refractivity contribution in [3.63, 3.8) is 0 Å². The van der Waals surface area contributed by atoms with E-state index in [4.69, 9.17) is 14.7 Å². The van der Waals surface area contributed by atoms with Gasteiger partial charge in [-0.25, -0.2) is 9.97 Å². The predicted molar refractivity (Wildman–Crippen MR) is 124 cm³/mol. The van der Waals surface area contributed by atoms with E-state index in [1.165, 1.54) is 0 Å². The monoisotopic (exact) mass is 436 g/mol. The number of aromatic nitrogens is 3. The summed E-state index contributed by atoms with van der Waals surface area (Å²) in [5, 5.41) is 9.66. The molecule has 0 amide bonds.